The zero-order chi connectivity index (χ0) is 13.9. The Morgan fingerprint density at radius 3 is 2.44 bits per heavy atom. The largest absolute Gasteiger partial charge is 0.481 e. The number of carbonyl (C=O) groups is 1. The van der Waals surface area contributed by atoms with Crippen LogP contribution < -0.4 is 4.74 Å². The molecule has 1 N–H and O–H groups in total. The molecule has 1 aromatic heterocycles. The van der Waals surface area contributed by atoms with Gasteiger partial charge in [0, 0.05) is 12.0 Å². The number of nitrogens with zero attached hydrogens (tertiary/aromatic N) is 2. The first-order valence-corrected chi connectivity index (χ1v) is 6.18. The maximum Gasteiger partial charge on any atom is 0.303 e. The number of aliphatic carboxylic acids is 1. The predicted octanol–water partition coefficient (Wildman–Crippen LogP) is 2.23. The molecule has 1 aromatic rings. The van der Waals surface area contributed by atoms with E-state index in [1.165, 1.54) is 0 Å². The average Bonchev–Trinajstić information content (AvgIpc) is 2.63. The summed E-state index contributed by atoms with van der Waals surface area (Å²) >= 11 is 0. The number of rotatable bonds is 5. The molecule has 0 aromatic carbocycles. The van der Waals surface area contributed by atoms with Crippen molar-refractivity contribution in [2.75, 3.05) is 7.11 Å². The summed E-state index contributed by atoms with van der Waals surface area (Å²) in [5.74, 6) is -0.122. The minimum atomic E-state index is -0.803. The van der Waals surface area contributed by atoms with Crippen LogP contribution in [0.2, 0.25) is 0 Å². The van der Waals surface area contributed by atoms with Crippen LogP contribution in [0.3, 0.4) is 0 Å². The normalized spacial score (nSPS) is 11.6. The lowest BCUT2D eigenvalue weighted by molar-refractivity contribution is -0.136. The van der Waals surface area contributed by atoms with Crippen LogP contribution in [0.1, 0.15) is 45.4 Å². The fourth-order valence-corrected chi connectivity index (χ4v) is 1.91. The number of aryl methyl sites for hydroxylation is 1. The van der Waals surface area contributed by atoms with Gasteiger partial charge in [0.25, 0.3) is 0 Å². The standard InChI is InChI=1S/C13H22N2O3/c1-6-10-9(7-8-11(16)17)12(18-5)15(14-10)13(2,3)4/h6-8H2,1-5H3,(H,16,17). The molecule has 0 fully saturated rings. The highest BCUT2D eigenvalue weighted by atomic mass is 16.5. The Hall–Kier alpha value is -1.52. The number of ether oxygens (including phenoxy) is 1. The molecule has 18 heavy (non-hydrogen) atoms. The van der Waals surface area contributed by atoms with Gasteiger partial charge >= 0.3 is 5.97 Å². The summed E-state index contributed by atoms with van der Waals surface area (Å²) in [5, 5.41) is 13.3. The molecule has 0 saturated carbocycles. The Labute approximate surface area is 108 Å². The number of carboxylic acid groups (broad SMARTS) is 1. The molecule has 0 unspecified atom stereocenters. The molecular weight excluding hydrogens is 232 g/mol. The highest BCUT2D eigenvalue weighted by molar-refractivity contribution is 5.67. The van der Waals surface area contributed by atoms with E-state index in [0.29, 0.717) is 12.3 Å². The van der Waals surface area contributed by atoms with Crippen LogP contribution in [0.4, 0.5) is 0 Å². The van der Waals surface area contributed by atoms with E-state index in [-0.39, 0.29) is 12.0 Å². The summed E-state index contributed by atoms with van der Waals surface area (Å²) in [6.07, 6.45) is 1.32. The van der Waals surface area contributed by atoms with E-state index in [1.54, 1.807) is 7.11 Å². The van der Waals surface area contributed by atoms with Crippen molar-refractivity contribution in [3.63, 3.8) is 0 Å². The van der Waals surface area contributed by atoms with Crippen LogP contribution in [0.15, 0.2) is 0 Å². The molecule has 0 aliphatic carbocycles. The van der Waals surface area contributed by atoms with E-state index in [9.17, 15) is 4.79 Å². The molecule has 102 valence electrons. The predicted molar refractivity (Wildman–Crippen MR) is 69.1 cm³/mol. The lowest BCUT2D eigenvalue weighted by Gasteiger charge is -2.21. The molecule has 1 rings (SSSR count). The van der Waals surface area contributed by atoms with Crippen LogP contribution in [0.5, 0.6) is 5.88 Å². The third-order valence-corrected chi connectivity index (χ3v) is 2.77. The maximum absolute atomic E-state index is 10.7. The van der Waals surface area contributed by atoms with Gasteiger partial charge in [0.2, 0.25) is 5.88 Å². The average molecular weight is 254 g/mol. The zero-order valence-electron chi connectivity index (χ0n) is 11.8. The Balaban J connectivity index is 3.21. The lowest BCUT2D eigenvalue weighted by Crippen LogP contribution is -2.24. The summed E-state index contributed by atoms with van der Waals surface area (Å²) < 4.78 is 7.26. The maximum atomic E-state index is 10.7. The molecule has 0 spiro atoms. The van der Waals surface area contributed by atoms with Gasteiger partial charge in [0.05, 0.1) is 18.3 Å². The number of carboxylic acids is 1. The number of aromatic nitrogens is 2. The Bertz CT molecular complexity index is 430. The molecule has 5 nitrogen and oxygen atoms in total. The summed E-state index contributed by atoms with van der Waals surface area (Å²) in [6.45, 7) is 8.15. The highest BCUT2D eigenvalue weighted by Gasteiger charge is 2.25. The second kappa shape index (κ2) is 5.42. The van der Waals surface area contributed by atoms with Crippen LogP contribution >= 0.6 is 0 Å². The van der Waals surface area contributed by atoms with Gasteiger partial charge in [0.1, 0.15) is 0 Å². The zero-order valence-corrected chi connectivity index (χ0v) is 11.8. The first kappa shape index (κ1) is 14.5. The fraction of sp³-hybridized carbons (Fsp3) is 0.692. The van der Waals surface area contributed by atoms with E-state index in [0.717, 1.165) is 17.7 Å². The van der Waals surface area contributed by atoms with Gasteiger partial charge in [-0.1, -0.05) is 6.92 Å². The van der Waals surface area contributed by atoms with Crippen molar-refractivity contribution in [3.05, 3.63) is 11.3 Å². The van der Waals surface area contributed by atoms with Gasteiger partial charge < -0.3 is 9.84 Å². The van der Waals surface area contributed by atoms with Gasteiger partial charge in [-0.25, -0.2) is 4.68 Å². The lowest BCUT2D eigenvalue weighted by atomic mass is 10.1. The van der Waals surface area contributed by atoms with Crippen molar-refractivity contribution in [2.24, 2.45) is 0 Å². The number of hydrogen-bond donors (Lipinski definition) is 1. The molecule has 5 heteroatoms. The first-order chi connectivity index (χ1) is 8.31. The number of methoxy groups -OCH3 is 1. The minimum absolute atomic E-state index is 0.0964. The molecule has 0 atom stereocenters. The molecule has 0 saturated heterocycles. The minimum Gasteiger partial charge on any atom is -0.481 e. The van der Waals surface area contributed by atoms with Crippen LogP contribution in [0.25, 0.3) is 0 Å². The topological polar surface area (TPSA) is 64.4 Å². The highest BCUT2D eigenvalue weighted by Crippen LogP contribution is 2.29. The van der Waals surface area contributed by atoms with E-state index >= 15 is 0 Å². The molecule has 0 aliphatic rings. The molecule has 0 bridgehead atoms. The Kier molecular flexibility index (Phi) is 4.38. The third kappa shape index (κ3) is 3.03. The molecule has 0 aliphatic heterocycles. The quantitative estimate of drug-likeness (QED) is 0.875. The van der Waals surface area contributed by atoms with Crippen LogP contribution in [0, 0.1) is 0 Å². The molecule has 0 radical (unpaired) electrons. The third-order valence-electron chi connectivity index (χ3n) is 2.77. The number of hydrogen-bond acceptors (Lipinski definition) is 3. The van der Waals surface area contributed by atoms with Crippen LogP contribution in [-0.4, -0.2) is 28.0 Å². The van der Waals surface area contributed by atoms with Gasteiger partial charge in [-0.2, -0.15) is 5.10 Å². The van der Waals surface area contributed by atoms with Gasteiger partial charge in [0.15, 0.2) is 0 Å². The van der Waals surface area contributed by atoms with E-state index in [4.69, 9.17) is 9.84 Å². The summed E-state index contributed by atoms with van der Waals surface area (Å²) in [5.41, 5.74) is 1.65. The van der Waals surface area contributed by atoms with Crippen LogP contribution in [-0.2, 0) is 23.2 Å². The summed E-state index contributed by atoms with van der Waals surface area (Å²) in [4.78, 5) is 10.7. The summed E-state index contributed by atoms with van der Waals surface area (Å²) in [6, 6.07) is 0. The first-order valence-electron chi connectivity index (χ1n) is 6.18. The Morgan fingerprint density at radius 2 is 2.06 bits per heavy atom. The van der Waals surface area contributed by atoms with Crippen molar-refractivity contribution in [1.29, 1.82) is 0 Å². The van der Waals surface area contributed by atoms with Gasteiger partial charge in [-0.3, -0.25) is 4.79 Å². The monoisotopic (exact) mass is 254 g/mol. The summed E-state index contributed by atoms with van der Waals surface area (Å²) in [7, 11) is 1.60. The second-order valence-corrected chi connectivity index (χ2v) is 5.26. The van der Waals surface area contributed by atoms with Crippen molar-refractivity contribution >= 4 is 5.97 Å². The fourth-order valence-electron chi connectivity index (χ4n) is 1.91. The van der Waals surface area contributed by atoms with Crippen molar-refractivity contribution < 1.29 is 14.6 Å². The van der Waals surface area contributed by atoms with E-state index < -0.39 is 5.97 Å². The van der Waals surface area contributed by atoms with E-state index in [1.807, 2.05) is 32.4 Å². The van der Waals surface area contributed by atoms with Crippen molar-refractivity contribution in [2.45, 2.75) is 52.5 Å². The molecular formula is C13H22N2O3. The van der Waals surface area contributed by atoms with Crippen molar-refractivity contribution in [1.82, 2.24) is 9.78 Å². The van der Waals surface area contributed by atoms with E-state index in [2.05, 4.69) is 5.10 Å². The van der Waals surface area contributed by atoms with Crippen molar-refractivity contribution in [3.8, 4) is 5.88 Å². The molecule has 0 amide bonds. The Morgan fingerprint density at radius 1 is 1.44 bits per heavy atom. The smallest absolute Gasteiger partial charge is 0.303 e. The second-order valence-electron chi connectivity index (χ2n) is 5.26. The van der Waals surface area contributed by atoms with Gasteiger partial charge in [-0.15, -0.1) is 0 Å². The van der Waals surface area contributed by atoms with Gasteiger partial charge in [-0.05, 0) is 33.6 Å². The molecule has 1 heterocycles. The SMILES string of the molecule is CCc1nn(C(C)(C)C)c(OC)c1CCC(=O)O.